The van der Waals surface area contributed by atoms with Gasteiger partial charge < -0.3 is 29.2 Å². The lowest BCUT2D eigenvalue weighted by molar-refractivity contribution is -0.258. The lowest BCUT2D eigenvalue weighted by Crippen LogP contribution is -2.56. The van der Waals surface area contributed by atoms with E-state index < -0.39 is 50.4 Å². The molecule has 2 unspecified atom stereocenters. The number of aliphatic hydroxyl groups is 3. The molecule has 2 aliphatic rings. The van der Waals surface area contributed by atoms with Gasteiger partial charge in [-0.1, -0.05) is 46.8 Å². The molecule has 0 aromatic carbocycles. The maximum Gasteiger partial charge on any atom is 0.192 e. The molecule has 0 bridgehead atoms. The summed E-state index contributed by atoms with van der Waals surface area (Å²) in [5.41, 5.74) is -0.734. The zero-order valence-electron chi connectivity index (χ0n) is 21.9. The van der Waals surface area contributed by atoms with Gasteiger partial charge in [0, 0.05) is 12.3 Å². The smallest absolute Gasteiger partial charge is 0.192 e. The second-order valence-electron chi connectivity index (χ2n) is 11.6. The minimum atomic E-state index is -2.34. The summed E-state index contributed by atoms with van der Waals surface area (Å²) in [5.74, 6) is -3.32. The number of hydrogen-bond acceptors (Lipinski definition) is 7. The zero-order chi connectivity index (χ0) is 25.4. The van der Waals surface area contributed by atoms with Gasteiger partial charge in [-0.25, -0.2) is 0 Å². The molecule has 0 saturated carbocycles. The van der Waals surface area contributed by atoms with Crippen molar-refractivity contribution in [3.8, 4) is 0 Å². The van der Waals surface area contributed by atoms with Crippen molar-refractivity contribution in [1.82, 2.24) is 0 Å². The first-order valence-electron chi connectivity index (χ1n) is 12.2. The Kier molecular flexibility index (Phi) is 8.82. The van der Waals surface area contributed by atoms with Crippen LogP contribution in [0.3, 0.4) is 0 Å². The maximum absolute atomic E-state index is 13.7. The Balaban J connectivity index is 2.37. The Morgan fingerprint density at radius 1 is 1.33 bits per heavy atom. The fraction of sp³-hybridized carbons (Fsp3) is 0.880. The fourth-order valence-electron chi connectivity index (χ4n) is 4.61. The highest BCUT2D eigenvalue weighted by Crippen LogP contribution is 2.51. The van der Waals surface area contributed by atoms with Gasteiger partial charge in [-0.15, -0.1) is 0 Å². The molecule has 2 rings (SSSR count). The SMILES string of the molecule is CC=C[C@H](C)[C@H]1OC1(C)[C@@H](O[Si](C)(C)C(C)(C)C)[C@@H](CO)C(=O)[C@H]1COC(O)(CC)C[C@H]1O. The van der Waals surface area contributed by atoms with Gasteiger partial charge in [0.15, 0.2) is 14.1 Å². The van der Waals surface area contributed by atoms with Crippen LogP contribution in [0.1, 0.15) is 61.3 Å². The van der Waals surface area contributed by atoms with Crippen molar-refractivity contribution in [2.24, 2.45) is 17.8 Å². The molecule has 2 saturated heterocycles. The molecule has 2 aliphatic heterocycles. The van der Waals surface area contributed by atoms with E-state index in [9.17, 15) is 20.1 Å². The van der Waals surface area contributed by atoms with Gasteiger partial charge in [0.05, 0.1) is 43.4 Å². The number of Topliss-reactive ketones (excluding diaryl/α,β-unsaturated/α-hetero) is 1. The van der Waals surface area contributed by atoms with Crippen LogP contribution in [0.15, 0.2) is 12.2 Å². The van der Waals surface area contributed by atoms with Crippen LogP contribution in [0.4, 0.5) is 0 Å². The largest absolute Gasteiger partial charge is 0.410 e. The summed E-state index contributed by atoms with van der Waals surface area (Å²) in [7, 11) is -2.34. The Hall–Kier alpha value is -0.613. The van der Waals surface area contributed by atoms with Crippen LogP contribution >= 0.6 is 0 Å². The molecule has 0 spiro atoms. The molecule has 8 heteroatoms. The van der Waals surface area contributed by atoms with E-state index in [1.54, 1.807) is 6.92 Å². The Morgan fingerprint density at radius 3 is 2.39 bits per heavy atom. The topological polar surface area (TPSA) is 109 Å². The highest BCUT2D eigenvalue weighted by atomic mass is 28.4. The first kappa shape index (κ1) is 28.6. The average Bonchev–Trinajstić information content (AvgIpc) is 3.40. The molecule has 0 aromatic rings. The van der Waals surface area contributed by atoms with Gasteiger partial charge in [0.25, 0.3) is 0 Å². The van der Waals surface area contributed by atoms with E-state index in [0.29, 0.717) is 6.42 Å². The highest BCUT2D eigenvalue weighted by Gasteiger charge is 2.64. The van der Waals surface area contributed by atoms with Gasteiger partial charge in [0.2, 0.25) is 0 Å². The number of allylic oxidation sites excluding steroid dienone is 1. The van der Waals surface area contributed by atoms with Crippen molar-refractivity contribution >= 4 is 14.1 Å². The number of carbonyl (C=O) groups is 1. The molecule has 3 N–H and O–H groups in total. The second kappa shape index (κ2) is 10.2. The minimum Gasteiger partial charge on any atom is -0.410 e. The monoisotopic (exact) mass is 486 g/mol. The van der Waals surface area contributed by atoms with Gasteiger partial charge in [0.1, 0.15) is 11.4 Å². The Morgan fingerprint density at radius 2 is 1.94 bits per heavy atom. The summed E-state index contributed by atoms with van der Waals surface area (Å²) in [5, 5.41) is 31.4. The van der Waals surface area contributed by atoms with Crippen LogP contribution in [0, 0.1) is 17.8 Å². The number of hydrogen-bond donors (Lipinski definition) is 3. The van der Waals surface area contributed by atoms with Crippen LogP contribution in [0.25, 0.3) is 0 Å². The van der Waals surface area contributed by atoms with Gasteiger partial charge in [-0.3, -0.25) is 4.79 Å². The number of epoxide rings is 1. The van der Waals surface area contributed by atoms with Crippen LogP contribution in [0.5, 0.6) is 0 Å². The maximum atomic E-state index is 13.7. The number of ether oxygens (including phenoxy) is 2. The van der Waals surface area contributed by atoms with Crippen LogP contribution in [0.2, 0.25) is 18.1 Å². The molecular formula is C25H46O7Si. The molecule has 0 aliphatic carbocycles. The van der Waals surface area contributed by atoms with E-state index in [1.807, 2.05) is 19.9 Å². The van der Waals surface area contributed by atoms with Crippen molar-refractivity contribution in [3.05, 3.63) is 12.2 Å². The van der Waals surface area contributed by atoms with Crippen LogP contribution in [-0.4, -0.2) is 72.3 Å². The summed E-state index contributed by atoms with van der Waals surface area (Å²) in [6, 6.07) is 0. The average molecular weight is 487 g/mol. The molecular weight excluding hydrogens is 440 g/mol. The van der Waals surface area contributed by atoms with Crippen molar-refractivity contribution < 1.29 is 34.0 Å². The minimum absolute atomic E-state index is 0.0411. The van der Waals surface area contributed by atoms with Gasteiger partial charge in [-0.2, -0.15) is 0 Å². The summed E-state index contributed by atoms with van der Waals surface area (Å²) in [4.78, 5) is 13.7. The van der Waals surface area contributed by atoms with E-state index in [0.717, 1.165) is 0 Å². The van der Waals surface area contributed by atoms with Gasteiger partial charge >= 0.3 is 0 Å². The van der Waals surface area contributed by atoms with Crippen LogP contribution in [-0.2, 0) is 18.7 Å². The molecule has 0 aromatic heterocycles. The fourth-order valence-corrected chi connectivity index (χ4v) is 5.99. The summed E-state index contributed by atoms with van der Waals surface area (Å²) >= 11 is 0. The molecule has 8 atom stereocenters. The quantitative estimate of drug-likeness (QED) is 0.247. The van der Waals surface area contributed by atoms with E-state index in [4.69, 9.17) is 13.9 Å². The van der Waals surface area contributed by atoms with Crippen molar-refractivity contribution in [2.45, 2.75) is 109 Å². The molecule has 7 nitrogen and oxygen atoms in total. The van der Waals surface area contributed by atoms with E-state index in [1.165, 1.54) is 0 Å². The van der Waals surface area contributed by atoms with Crippen LogP contribution < -0.4 is 0 Å². The predicted octanol–water partition coefficient (Wildman–Crippen LogP) is 3.42. The molecule has 2 heterocycles. The first-order chi connectivity index (χ1) is 15.1. The third kappa shape index (κ3) is 5.97. The first-order valence-corrected chi connectivity index (χ1v) is 15.1. The van der Waals surface area contributed by atoms with Crippen molar-refractivity contribution in [3.63, 3.8) is 0 Å². The van der Waals surface area contributed by atoms with Gasteiger partial charge in [-0.05, 0) is 38.4 Å². The zero-order valence-corrected chi connectivity index (χ0v) is 22.9. The van der Waals surface area contributed by atoms with Crippen molar-refractivity contribution in [2.75, 3.05) is 13.2 Å². The number of aliphatic hydroxyl groups excluding tert-OH is 2. The molecule has 0 amide bonds. The summed E-state index contributed by atoms with van der Waals surface area (Å²) < 4.78 is 18.5. The molecule has 33 heavy (non-hydrogen) atoms. The lowest BCUT2D eigenvalue weighted by atomic mass is 9.78. The summed E-state index contributed by atoms with van der Waals surface area (Å²) in [6.45, 7) is 17.9. The normalized spacial score (nSPS) is 35.9. The third-order valence-corrected chi connectivity index (χ3v) is 12.5. The predicted molar refractivity (Wildman–Crippen MR) is 130 cm³/mol. The van der Waals surface area contributed by atoms with E-state index in [-0.39, 0.29) is 35.9 Å². The summed E-state index contributed by atoms with van der Waals surface area (Å²) in [6.07, 6.45) is 2.48. The van der Waals surface area contributed by atoms with E-state index >= 15 is 0 Å². The number of ketones is 1. The Bertz CT molecular complexity index is 718. The number of carbonyl (C=O) groups excluding carboxylic acids is 1. The highest BCUT2D eigenvalue weighted by molar-refractivity contribution is 6.74. The standard InChI is InChI=1S/C25H46O7Si/c1-10-12-16(3)21-24(7,31-21)22(32-33(8,9)23(4,5)6)17(14-26)20(28)18-15-30-25(29,11-2)13-19(18)27/h10,12,16-19,21-22,26-27,29H,11,13-15H2,1-9H3/t16-,17-,18-,19+,21+,22-,24?,25?/m0/s1. The molecule has 192 valence electrons. The number of rotatable bonds is 10. The molecule has 0 radical (unpaired) electrons. The third-order valence-electron chi connectivity index (χ3n) is 8.02. The Labute approximate surface area is 200 Å². The van der Waals surface area contributed by atoms with E-state index in [2.05, 4.69) is 46.9 Å². The lowest BCUT2D eigenvalue weighted by Gasteiger charge is -2.44. The van der Waals surface area contributed by atoms with Crippen molar-refractivity contribution in [1.29, 1.82) is 0 Å². The molecule has 2 fully saturated rings. The second-order valence-corrected chi connectivity index (χ2v) is 16.3.